The molecule has 0 radical (unpaired) electrons. The number of likely N-dealkylation sites (N-methyl/N-ethyl adjacent to an activating group) is 1. The van der Waals surface area contributed by atoms with Crippen molar-refractivity contribution in [3.8, 4) is 0 Å². The van der Waals surface area contributed by atoms with Crippen LogP contribution in [0.15, 0.2) is 30.3 Å². The second-order valence-electron chi connectivity index (χ2n) is 5.72. The lowest BCUT2D eigenvalue weighted by Crippen LogP contribution is -2.36. The van der Waals surface area contributed by atoms with Crippen molar-refractivity contribution in [3.63, 3.8) is 0 Å². The van der Waals surface area contributed by atoms with Crippen LogP contribution in [0.3, 0.4) is 0 Å². The van der Waals surface area contributed by atoms with Crippen molar-refractivity contribution in [2.24, 2.45) is 5.92 Å². The van der Waals surface area contributed by atoms with E-state index in [1.54, 1.807) is 0 Å². The van der Waals surface area contributed by atoms with Crippen LogP contribution in [0.1, 0.15) is 24.4 Å². The predicted octanol–water partition coefficient (Wildman–Crippen LogP) is 2.31. The van der Waals surface area contributed by atoms with Gasteiger partial charge in [0.2, 0.25) is 0 Å². The molecule has 3 heteroatoms. The molecule has 0 aliphatic carbocycles. The van der Waals surface area contributed by atoms with Crippen LogP contribution in [-0.4, -0.2) is 45.3 Å². The van der Waals surface area contributed by atoms with Crippen LogP contribution in [0.4, 0.5) is 0 Å². The van der Waals surface area contributed by atoms with E-state index in [4.69, 9.17) is 4.74 Å². The topological polar surface area (TPSA) is 24.5 Å². The van der Waals surface area contributed by atoms with Gasteiger partial charge >= 0.3 is 0 Å². The molecule has 2 atom stereocenters. The molecule has 0 bridgehead atoms. The van der Waals surface area contributed by atoms with Crippen molar-refractivity contribution in [2.45, 2.75) is 18.9 Å². The number of nitrogens with zero attached hydrogens (tertiary/aromatic N) is 1. The third-order valence-electron chi connectivity index (χ3n) is 3.66. The molecular weight excluding hydrogens is 236 g/mol. The van der Waals surface area contributed by atoms with Gasteiger partial charge < -0.3 is 15.0 Å². The van der Waals surface area contributed by atoms with Crippen LogP contribution in [-0.2, 0) is 4.74 Å². The molecule has 0 amide bonds. The van der Waals surface area contributed by atoms with E-state index in [1.807, 2.05) is 0 Å². The Labute approximate surface area is 116 Å². The number of rotatable bonds is 6. The Morgan fingerprint density at radius 2 is 2.11 bits per heavy atom. The Balaban J connectivity index is 1.90. The van der Waals surface area contributed by atoms with E-state index in [0.29, 0.717) is 12.0 Å². The maximum absolute atomic E-state index is 5.55. The molecular formula is C16H26N2O. The van der Waals surface area contributed by atoms with E-state index in [9.17, 15) is 0 Å². The smallest absolute Gasteiger partial charge is 0.0506 e. The molecule has 2 unspecified atom stereocenters. The molecule has 1 N–H and O–H groups in total. The van der Waals surface area contributed by atoms with Crippen LogP contribution in [0.2, 0.25) is 0 Å². The molecule has 1 saturated heterocycles. The SMILES string of the molecule is CN(C)CC(NCC1CCCOC1)c1ccccc1. The number of hydrogen-bond donors (Lipinski definition) is 1. The molecule has 19 heavy (non-hydrogen) atoms. The fourth-order valence-electron chi connectivity index (χ4n) is 2.62. The van der Waals surface area contributed by atoms with Gasteiger partial charge in [-0.3, -0.25) is 0 Å². The van der Waals surface area contributed by atoms with Gasteiger partial charge in [0, 0.05) is 25.7 Å². The first-order valence-electron chi connectivity index (χ1n) is 7.26. The highest BCUT2D eigenvalue weighted by atomic mass is 16.5. The zero-order chi connectivity index (χ0) is 13.5. The van der Waals surface area contributed by atoms with Gasteiger partial charge in [0.25, 0.3) is 0 Å². The van der Waals surface area contributed by atoms with Crippen molar-refractivity contribution >= 4 is 0 Å². The zero-order valence-corrected chi connectivity index (χ0v) is 12.1. The normalized spacial score (nSPS) is 21.5. The number of benzene rings is 1. The highest BCUT2D eigenvalue weighted by molar-refractivity contribution is 5.19. The highest BCUT2D eigenvalue weighted by Gasteiger charge is 2.17. The van der Waals surface area contributed by atoms with Crippen molar-refractivity contribution in [3.05, 3.63) is 35.9 Å². The number of ether oxygens (including phenoxy) is 1. The maximum atomic E-state index is 5.55. The van der Waals surface area contributed by atoms with Gasteiger partial charge in [-0.1, -0.05) is 30.3 Å². The number of nitrogens with one attached hydrogen (secondary N) is 1. The van der Waals surface area contributed by atoms with E-state index in [2.05, 4.69) is 54.6 Å². The van der Waals surface area contributed by atoms with Crippen molar-refractivity contribution in [1.82, 2.24) is 10.2 Å². The van der Waals surface area contributed by atoms with Crippen molar-refractivity contribution < 1.29 is 4.74 Å². The van der Waals surface area contributed by atoms with Crippen LogP contribution in [0, 0.1) is 5.92 Å². The predicted molar refractivity (Wildman–Crippen MR) is 79.3 cm³/mol. The molecule has 1 fully saturated rings. The minimum Gasteiger partial charge on any atom is -0.381 e. The van der Waals surface area contributed by atoms with Gasteiger partial charge in [-0.25, -0.2) is 0 Å². The first kappa shape index (κ1) is 14.5. The quantitative estimate of drug-likeness (QED) is 0.851. The lowest BCUT2D eigenvalue weighted by Gasteiger charge is -2.27. The van der Waals surface area contributed by atoms with Crippen LogP contribution in [0.25, 0.3) is 0 Å². The number of hydrogen-bond acceptors (Lipinski definition) is 3. The van der Waals surface area contributed by atoms with Crippen LogP contribution >= 0.6 is 0 Å². The Morgan fingerprint density at radius 1 is 1.32 bits per heavy atom. The summed E-state index contributed by atoms with van der Waals surface area (Å²) in [5.74, 6) is 0.669. The van der Waals surface area contributed by atoms with Gasteiger partial charge in [-0.15, -0.1) is 0 Å². The summed E-state index contributed by atoms with van der Waals surface area (Å²) in [6.07, 6.45) is 2.49. The summed E-state index contributed by atoms with van der Waals surface area (Å²) in [5, 5.41) is 3.72. The zero-order valence-electron chi connectivity index (χ0n) is 12.1. The monoisotopic (exact) mass is 262 g/mol. The van der Waals surface area contributed by atoms with Gasteiger partial charge in [0.05, 0.1) is 6.61 Å². The third-order valence-corrected chi connectivity index (χ3v) is 3.66. The summed E-state index contributed by atoms with van der Waals surface area (Å²) in [6, 6.07) is 11.1. The summed E-state index contributed by atoms with van der Waals surface area (Å²) in [7, 11) is 4.25. The lowest BCUT2D eigenvalue weighted by molar-refractivity contribution is 0.0534. The van der Waals surface area contributed by atoms with Gasteiger partial charge in [0.1, 0.15) is 0 Å². The summed E-state index contributed by atoms with van der Waals surface area (Å²) in [5.41, 5.74) is 1.37. The molecule has 1 aromatic rings. The first-order valence-corrected chi connectivity index (χ1v) is 7.26. The maximum Gasteiger partial charge on any atom is 0.0506 e. The highest BCUT2D eigenvalue weighted by Crippen LogP contribution is 2.17. The molecule has 1 aliphatic heterocycles. The largest absolute Gasteiger partial charge is 0.381 e. The Kier molecular flexibility index (Phi) is 5.83. The molecule has 1 heterocycles. The van der Waals surface area contributed by atoms with E-state index in [1.165, 1.54) is 18.4 Å². The fraction of sp³-hybridized carbons (Fsp3) is 0.625. The standard InChI is InChI=1S/C16H26N2O/c1-18(2)12-16(15-8-4-3-5-9-15)17-11-14-7-6-10-19-13-14/h3-5,8-9,14,16-17H,6-7,10-13H2,1-2H3. The minimum atomic E-state index is 0.401. The van der Waals surface area contributed by atoms with E-state index in [0.717, 1.165) is 26.3 Å². The van der Waals surface area contributed by atoms with E-state index >= 15 is 0 Å². The molecule has 2 rings (SSSR count). The van der Waals surface area contributed by atoms with Crippen LogP contribution in [0.5, 0.6) is 0 Å². The average Bonchev–Trinajstić information content (AvgIpc) is 2.45. The molecule has 106 valence electrons. The fourth-order valence-corrected chi connectivity index (χ4v) is 2.62. The second-order valence-corrected chi connectivity index (χ2v) is 5.72. The van der Waals surface area contributed by atoms with Crippen molar-refractivity contribution in [1.29, 1.82) is 0 Å². The summed E-state index contributed by atoms with van der Waals surface area (Å²) < 4.78 is 5.55. The van der Waals surface area contributed by atoms with Crippen LogP contribution < -0.4 is 5.32 Å². The van der Waals surface area contributed by atoms with E-state index in [-0.39, 0.29) is 0 Å². The van der Waals surface area contributed by atoms with Gasteiger partial charge in [-0.2, -0.15) is 0 Å². The Bertz CT molecular complexity index is 347. The summed E-state index contributed by atoms with van der Waals surface area (Å²) in [6.45, 7) is 3.93. The van der Waals surface area contributed by atoms with Gasteiger partial charge in [0.15, 0.2) is 0 Å². The van der Waals surface area contributed by atoms with E-state index < -0.39 is 0 Å². The molecule has 0 aromatic heterocycles. The summed E-state index contributed by atoms with van der Waals surface area (Å²) in [4.78, 5) is 2.24. The molecule has 0 spiro atoms. The molecule has 3 nitrogen and oxygen atoms in total. The second kappa shape index (κ2) is 7.63. The van der Waals surface area contributed by atoms with Crippen molar-refractivity contribution in [2.75, 3.05) is 40.4 Å². The lowest BCUT2D eigenvalue weighted by atomic mass is 10.0. The molecule has 1 aliphatic rings. The third kappa shape index (κ3) is 4.94. The Hall–Kier alpha value is -0.900. The minimum absolute atomic E-state index is 0.401. The Morgan fingerprint density at radius 3 is 2.74 bits per heavy atom. The van der Waals surface area contributed by atoms with Gasteiger partial charge in [-0.05, 0) is 38.4 Å². The average molecular weight is 262 g/mol. The first-order chi connectivity index (χ1) is 9.25. The molecule has 0 saturated carbocycles. The summed E-state index contributed by atoms with van der Waals surface area (Å²) >= 11 is 0. The molecule has 1 aromatic carbocycles.